The van der Waals surface area contributed by atoms with E-state index >= 15 is 0 Å². The van der Waals surface area contributed by atoms with Gasteiger partial charge in [-0.05, 0) is 37.7 Å². The Morgan fingerprint density at radius 2 is 2.33 bits per heavy atom. The number of carbonyl (C=O) groups is 1. The van der Waals surface area contributed by atoms with E-state index in [-0.39, 0.29) is 0 Å². The Bertz CT molecular complexity index is 179. The van der Waals surface area contributed by atoms with Gasteiger partial charge in [0.25, 0.3) is 0 Å². The van der Waals surface area contributed by atoms with Gasteiger partial charge >= 0.3 is 0 Å². The largest absolute Gasteiger partial charge is 0.295 e. The van der Waals surface area contributed by atoms with E-state index in [0.717, 1.165) is 37.7 Å². The summed E-state index contributed by atoms with van der Waals surface area (Å²) in [6, 6.07) is 0. The zero-order valence-corrected chi connectivity index (χ0v) is 7.94. The van der Waals surface area contributed by atoms with Crippen LogP contribution in [0, 0.1) is 0 Å². The molecule has 0 bridgehead atoms. The summed E-state index contributed by atoms with van der Waals surface area (Å²) in [4.78, 5) is 11.5. The molecule has 0 heterocycles. The molecule has 0 saturated heterocycles. The van der Waals surface area contributed by atoms with Crippen LogP contribution in [0.4, 0.5) is 0 Å². The van der Waals surface area contributed by atoms with Gasteiger partial charge in [0.1, 0.15) is 0 Å². The van der Waals surface area contributed by atoms with E-state index in [1.165, 1.54) is 12.8 Å². The highest BCUT2D eigenvalue weighted by Gasteiger charge is 2.10. The zero-order chi connectivity index (χ0) is 8.81. The molecule has 0 N–H and O–H groups in total. The molecule has 1 aliphatic rings. The average Bonchev–Trinajstić information content (AvgIpc) is 2.15. The van der Waals surface area contributed by atoms with Gasteiger partial charge in [0.05, 0.1) is 0 Å². The van der Waals surface area contributed by atoms with Crippen molar-refractivity contribution in [1.29, 1.82) is 0 Å². The van der Waals surface area contributed by atoms with Gasteiger partial charge in [0, 0.05) is 6.42 Å². The fourth-order valence-electron chi connectivity index (χ4n) is 1.59. The Kier molecular flexibility index (Phi) is 4.06. The van der Waals surface area contributed by atoms with Gasteiger partial charge in [-0.15, -0.1) is 0 Å². The Balaban J connectivity index is 2.35. The van der Waals surface area contributed by atoms with Crippen molar-refractivity contribution in [2.24, 2.45) is 0 Å². The van der Waals surface area contributed by atoms with Crippen molar-refractivity contribution in [3.63, 3.8) is 0 Å². The maximum absolute atomic E-state index is 11.5. The zero-order valence-electron chi connectivity index (χ0n) is 7.94. The van der Waals surface area contributed by atoms with Crippen LogP contribution in [0.5, 0.6) is 0 Å². The van der Waals surface area contributed by atoms with Crippen molar-refractivity contribution < 1.29 is 4.79 Å². The summed E-state index contributed by atoms with van der Waals surface area (Å²) in [5, 5.41) is 0. The molecule has 0 unspecified atom stereocenters. The molecule has 0 aromatic rings. The quantitative estimate of drug-likeness (QED) is 0.626. The van der Waals surface area contributed by atoms with Crippen molar-refractivity contribution in [2.45, 2.75) is 51.9 Å². The first-order chi connectivity index (χ1) is 5.84. The van der Waals surface area contributed by atoms with E-state index in [1.807, 2.05) is 0 Å². The molecule has 0 saturated carbocycles. The van der Waals surface area contributed by atoms with Gasteiger partial charge in [-0.1, -0.05) is 19.4 Å². The predicted octanol–water partition coefficient (Wildman–Crippen LogP) is 3.25. The molecule has 68 valence electrons. The van der Waals surface area contributed by atoms with E-state index in [0.29, 0.717) is 5.78 Å². The van der Waals surface area contributed by atoms with E-state index in [4.69, 9.17) is 0 Å². The van der Waals surface area contributed by atoms with Crippen LogP contribution in [0.2, 0.25) is 0 Å². The lowest BCUT2D eigenvalue weighted by Gasteiger charge is -2.10. The molecule has 0 radical (unpaired) electrons. The second kappa shape index (κ2) is 5.13. The van der Waals surface area contributed by atoms with Crippen molar-refractivity contribution in [3.05, 3.63) is 11.6 Å². The predicted molar refractivity (Wildman–Crippen MR) is 51.1 cm³/mol. The van der Waals surface area contributed by atoms with E-state index < -0.39 is 0 Å². The number of ketones is 1. The van der Waals surface area contributed by atoms with Gasteiger partial charge in [-0.2, -0.15) is 0 Å². The lowest BCUT2D eigenvalue weighted by molar-refractivity contribution is -0.115. The highest BCUT2D eigenvalue weighted by atomic mass is 16.1. The van der Waals surface area contributed by atoms with Crippen molar-refractivity contribution in [1.82, 2.24) is 0 Å². The van der Waals surface area contributed by atoms with Crippen LogP contribution < -0.4 is 0 Å². The number of rotatable bonds is 4. The maximum atomic E-state index is 11.5. The van der Waals surface area contributed by atoms with Crippen LogP contribution in [-0.4, -0.2) is 5.78 Å². The molecule has 0 spiro atoms. The van der Waals surface area contributed by atoms with Crippen molar-refractivity contribution in [2.75, 3.05) is 0 Å². The summed E-state index contributed by atoms with van der Waals surface area (Å²) < 4.78 is 0. The summed E-state index contributed by atoms with van der Waals surface area (Å²) in [5.74, 6) is 0.400. The molecule has 0 fully saturated rings. The number of Topliss-reactive ketones (excluding diaryl/α,β-unsaturated/α-hetero) is 1. The van der Waals surface area contributed by atoms with Crippen LogP contribution >= 0.6 is 0 Å². The van der Waals surface area contributed by atoms with Gasteiger partial charge in [0.15, 0.2) is 5.78 Å². The Labute approximate surface area is 74.9 Å². The number of unbranched alkanes of at least 4 members (excludes halogenated alkanes) is 1. The first-order valence-electron chi connectivity index (χ1n) is 5.07. The van der Waals surface area contributed by atoms with E-state index in [1.54, 1.807) is 0 Å². The minimum absolute atomic E-state index is 0.400. The summed E-state index contributed by atoms with van der Waals surface area (Å²) in [7, 11) is 0. The monoisotopic (exact) mass is 166 g/mol. The van der Waals surface area contributed by atoms with Crippen LogP contribution in [0.3, 0.4) is 0 Å². The third-order valence-corrected chi connectivity index (χ3v) is 2.41. The first-order valence-corrected chi connectivity index (χ1v) is 5.07. The number of hydrogen-bond acceptors (Lipinski definition) is 1. The second-order valence-electron chi connectivity index (χ2n) is 3.50. The lowest BCUT2D eigenvalue weighted by Crippen LogP contribution is -2.05. The Morgan fingerprint density at radius 1 is 1.50 bits per heavy atom. The normalized spacial score (nSPS) is 17.2. The molecule has 0 aromatic heterocycles. The summed E-state index contributed by atoms with van der Waals surface area (Å²) in [5.41, 5.74) is 1.11. The van der Waals surface area contributed by atoms with Gasteiger partial charge in [0.2, 0.25) is 0 Å². The van der Waals surface area contributed by atoms with Gasteiger partial charge in [-0.3, -0.25) is 4.79 Å². The molecule has 1 nitrogen and oxygen atoms in total. The number of hydrogen-bond donors (Lipinski definition) is 0. The number of carbonyl (C=O) groups excluding carboxylic acids is 1. The van der Waals surface area contributed by atoms with Gasteiger partial charge < -0.3 is 0 Å². The summed E-state index contributed by atoms with van der Waals surface area (Å²) in [6.07, 6.45) is 9.71. The average molecular weight is 166 g/mol. The third-order valence-electron chi connectivity index (χ3n) is 2.41. The number of allylic oxidation sites excluding steroid dienone is 2. The van der Waals surface area contributed by atoms with E-state index in [2.05, 4.69) is 13.0 Å². The Hall–Kier alpha value is -0.590. The standard InChI is InChI=1S/C11H18O/c1-2-3-9-11(12)10-7-5-4-6-8-10/h7H,2-6,8-9H2,1H3. The van der Waals surface area contributed by atoms with Crippen LogP contribution in [0.15, 0.2) is 11.6 Å². The molecular weight excluding hydrogens is 148 g/mol. The van der Waals surface area contributed by atoms with Crippen LogP contribution in [0.1, 0.15) is 51.9 Å². The molecule has 0 atom stereocenters. The molecular formula is C11H18O. The fourth-order valence-corrected chi connectivity index (χ4v) is 1.59. The summed E-state index contributed by atoms with van der Waals surface area (Å²) >= 11 is 0. The molecule has 12 heavy (non-hydrogen) atoms. The topological polar surface area (TPSA) is 17.1 Å². The molecule has 1 rings (SSSR count). The summed E-state index contributed by atoms with van der Waals surface area (Å²) in [6.45, 7) is 2.13. The molecule has 1 heteroatoms. The molecule has 0 amide bonds. The maximum Gasteiger partial charge on any atom is 0.158 e. The molecule has 1 aliphatic carbocycles. The van der Waals surface area contributed by atoms with Crippen LogP contribution in [-0.2, 0) is 4.79 Å². The first kappa shape index (κ1) is 9.50. The lowest BCUT2D eigenvalue weighted by atomic mass is 9.94. The molecule has 0 aromatic carbocycles. The van der Waals surface area contributed by atoms with Crippen LogP contribution in [0.25, 0.3) is 0 Å². The van der Waals surface area contributed by atoms with E-state index in [9.17, 15) is 4.79 Å². The minimum atomic E-state index is 0.400. The third kappa shape index (κ3) is 2.80. The van der Waals surface area contributed by atoms with Crippen molar-refractivity contribution >= 4 is 5.78 Å². The van der Waals surface area contributed by atoms with Gasteiger partial charge in [-0.25, -0.2) is 0 Å². The Morgan fingerprint density at radius 3 is 2.92 bits per heavy atom. The minimum Gasteiger partial charge on any atom is -0.295 e. The second-order valence-corrected chi connectivity index (χ2v) is 3.50. The molecule has 0 aliphatic heterocycles. The SMILES string of the molecule is CCCCC(=O)C1=CCCCC1. The fraction of sp³-hybridized carbons (Fsp3) is 0.727. The highest BCUT2D eigenvalue weighted by molar-refractivity contribution is 5.95. The smallest absolute Gasteiger partial charge is 0.158 e. The highest BCUT2D eigenvalue weighted by Crippen LogP contribution is 2.19. The van der Waals surface area contributed by atoms with Crippen molar-refractivity contribution in [3.8, 4) is 0 Å².